The lowest BCUT2D eigenvalue weighted by Gasteiger charge is -2.14. The number of carbonyl (C=O) groups is 11. The molecule has 13 aromatic rings. The van der Waals surface area contributed by atoms with E-state index in [0.29, 0.717) is 41.3 Å². The topological polar surface area (TPSA) is 420 Å². The molecule has 0 unspecified atom stereocenters. The third kappa shape index (κ3) is 31.5. The normalized spacial score (nSPS) is 10.6. The first-order valence-electron chi connectivity index (χ1n) is 39.2. The number of aromatic nitrogens is 2. The van der Waals surface area contributed by atoms with Gasteiger partial charge in [-0.1, -0.05) is 200 Å². The maximum absolute atomic E-state index is 12.6. The predicted octanol–water partition coefficient (Wildman–Crippen LogP) is 18.8. The van der Waals surface area contributed by atoms with E-state index < -0.39 is 75.3 Å². The molecule has 0 fully saturated rings. The molecular weight excluding hydrogens is 1730 g/mol. The summed E-state index contributed by atoms with van der Waals surface area (Å²) in [7, 11) is -3.40. The number of terminal acetylenes is 1. The van der Waals surface area contributed by atoms with E-state index in [1.807, 2.05) is 73.7 Å². The van der Waals surface area contributed by atoms with Gasteiger partial charge in [0.2, 0.25) is 0 Å². The number of aromatic amines is 1. The number of carboxylic acid groups (broad SMARTS) is 5. The quantitative estimate of drug-likeness (QED) is 0.00910. The van der Waals surface area contributed by atoms with Crippen molar-refractivity contribution in [3.63, 3.8) is 0 Å². The first kappa shape index (κ1) is 99.9. The summed E-state index contributed by atoms with van der Waals surface area (Å²) >= 11 is 0. The van der Waals surface area contributed by atoms with Gasteiger partial charge in [-0.15, -0.1) is 19.6 Å². The summed E-state index contributed by atoms with van der Waals surface area (Å²) in [4.78, 5) is 129. The minimum atomic E-state index is -4.92. The van der Waals surface area contributed by atoms with Crippen LogP contribution in [0.15, 0.2) is 314 Å². The highest BCUT2D eigenvalue weighted by Crippen LogP contribution is 2.33. The van der Waals surface area contributed by atoms with Crippen LogP contribution in [0, 0.1) is 19.3 Å². The largest absolute Gasteiger partial charge is 0.573 e. The highest BCUT2D eigenvalue weighted by molar-refractivity contribution is 7.90. The van der Waals surface area contributed by atoms with Crippen LogP contribution < -0.4 is 25.8 Å². The van der Waals surface area contributed by atoms with Crippen molar-refractivity contribution in [3.8, 4) is 23.8 Å². The first-order valence-corrected chi connectivity index (χ1v) is 40.9. The van der Waals surface area contributed by atoms with Crippen LogP contribution >= 0.6 is 0 Å². The zero-order valence-electron chi connectivity index (χ0n) is 69.2. The number of ketones is 4. The summed E-state index contributed by atoms with van der Waals surface area (Å²) in [5, 5.41) is 56.4. The van der Waals surface area contributed by atoms with Crippen molar-refractivity contribution in [3.05, 3.63) is 415 Å². The molecule has 0 aliphatic carbocycles. The number of aromatic carboxylic acids is 5. The summed E-state index contributed by atoms with van der Waals surface area (Å²) in [6, 6.07) is 79.4. The number of benzene rings is 12. The molecule has 0 saturated carbocycles. The summed E-state index contributed by atoms with van der Waals surface area (Å²) < 4.78 is 109. The van der Waals surface area contributed by atoms with Crippen molar-refractivity contribution >= 4 is 86.0 Å². The summed E-state index contributed by atoms with van der Waals surface area (Å²) in [5.41, 5.74) is 10.5. The second-order valence-electron chi connectivity index (χ2n) is 27.9. The number of rotatable bonds is 29. The van der Waals surface area contributed by atoms with E-state index >= 15 is 0 Å². The molecule has 1 aromatic heterocycles. The van der Waals surface area contributed by atoms with Gasteiger partial charge in [0.25, 0.3) is 11.8 Å². The van der Waals surface area contributed by atoms with Crippen molar-refractivity contribution in [1.29, 1.82) is 0 Å². The molecule has 0 saturated heterocycles. The molecule has 0 bridgehead atoms. The van der Waals surface area contributed by atoms with Crippen LogP contribution in [0.25, 0.3) is 0 Å². The van der Waals surface area contributed by atoms with Crippen LogP contribution in [-0.4, -0.2) is 122 Å². The molecule has 670 valence electrons. The zero-order valence-corrected chi connectivity index (χ0v) is 70.1. The highest BCUT2D eigenvalue weighted by atomic mass is 32.2. The van der Waals surface area contributed by atoms with Crippen molar-refractivity contribution in [2.24, 2.45) is 5.73 Å². The van der Waals surface area contributed by atoms with Crippen molar-refractivity contribution in [1.82, 2.24) is 10.2 Å². The van der Waals surface area contributed by atoms with Gasteiger partial charge in [0.1, 0.15) is 5.75 Å². The third-order valence-corrected chi connectivity index (χ3v) is 20.2. The molecule has 32 heteroatoms. The number of hydrogen-bond donors (Lipinski definition) is 9. The Morgan fingerprint density at radius 3 is 1.34 bits per heavy atom. The summed E-state index contributed by atoms with van der Waals surface area (Å²) in [5.74, 6) is -5.61. The minimum absolute atomic E-state index is 0.0229. The summed E-state index contributed by atoms with van der Waals surface area (Å²) in [6.45, 7) is 2.67. The number of anilines is 2. The van der Waals surface area contributed by atoms with E-state index in [4.69, 9.17) is 42.4 Å². The number of halogens is 6. The SMILES string of the molecule is C#Cc1ccc(CC(=O)c2ccc(CS(=O)(=O)c3ccccc3)cc2)cc1.Cc1cc(CC(=O)c2ccccc2C(=O)O)n[nH]1.NCc1cccc(CC(=O)c2ccccc2C(=O)O)c1.O=C(O)c1ccccc1C(=O)CCCOc1ccccc1.O=C(O)c1ccccc1C(=O)Nc1cccc(C(F)(F)F)c1.O=C(O)c1ccccc1C(=O)Nc1ccccc1OC(F)(F)F. The van der Waals surface area contributed by atoms with E-state index in [0.717, 1.165) is 58.0 Å². The zero-order chi connectivity index (χ0) is 95.4. The fourth-order valence-electron chi connectivity index (χ4n) is 12.2. The first-order chi connectivity index (χ1) is 62.4. The Labute approximate surface area is 745 Å². The number of nitrogens with two attached hydrogens (primary N) is 1. The van der Waals surface area contributed by atoms with Crippen molar-refractivity contribution < 1.29 is 123 Å². The van der Waals surface area contributed by atoms with Crippen molar-refractivity contribution in [2.75, 3.05) is 17.2 Å². The number of nitrogens with one attached hydrogen (secondary N) is 3. The van der Waals surface area contributed by atoms with Gasteiger partial charge < -0.3 is 51.4 Å². The molecule has 25 nitrogen and oxygen atoms in total. The number of ether oxygens (including phenoxy) is 2. The number of Topliss-reactive ketones (excluding diaryl/α,β-unsaturated/α-hetero) is 4. The number of amides is 2. The molecule has 12 aromatic carbocycles. The molecule has 0 spiro atoms. The van der Waals surface area contributed by atoms with Gasteiger partial charge in [-0.25, -0.2) is 32.4 Å². The maximum Gasteiger partial charge on any atom is 0.573 e. The van der Waals surface area contributed by atoms with Gasteiger partial charge in [-0.3, -0.25) is 33.9 Å². The Bertz CT molecular complexity index is 6400. The smallest absolute Gasteiger partial charge is 0.494 e. The van der Waals surface area contributed by atoms with Crippen LogP contribution in [0.2, 0.25) is 0 Å². The molecule has 2 amide bonds. The number of carboxylic acids is 5. The second-order valence-corrected chi connectivity index (χ2v) is 29.9. The number of alkyl halides is 6. The Hall–Kier alpha value is -16.5. The van der Waals surface area contributed by atoms with Gasteiger partial charge in [0.05, 0.1) is 79.6 Å². The van der Waals surface area contributed by atoms with Gasteiger partial charge in [0, 0.05) is 65.0 Å². The molecule has 0 radical (unpaired) electrons. The predicted molar refractivity (Wildman–Crippen MR) is 473 cm³/mol. The van der Waals surface area contributed by atoms with Crippen LogP contribution in [0.1, 0.15) is 172 Å². The number of hydrogen-bond acceptors (Lipinski definition) is 17. The summed E-state index contributed by atoms with van der Waals surface area (Å²) in [6.07, 6.45) is -2.79. The maximum atomic E-state index is 12.6. The average molecular weight is 1810 g/mol. The lowest BCUT2D eigenvalue weighted by Crippen LogP contribution is -2.20. The van der Waals surface area contributed by atoms with E-state index in [1.54, 1.807) is 121 Å². The fraction of sp³-hybridized carbons (Fsp3) is 0.111. The Morgan fingerprint density at radius 2 is 0.863 bits per heavy atom. The number of para-hydroxylation sites is 3. The molecule has 0 aliphatic heterocycles. The lowest BCUT2D eigenvalue weighted by molar-refractivity contribution is -0.274. The fourth-order valence-corrected chi connectivity index (χ4v) is 13.6. The monoisotopic (exact) mass is 1810 g/mol. The van der Waals surface area contributed by atoms with Crippen LogP contribution in [0.3, 0.4) is 0 Å². The van der Waals surface area contributed by atoms with Crippen LogP contribution in [-0.2, 0) is 47.6 Å². The van der Waals surface area contributed by atoms with Gasteiger partial charge >= 0.3 is 42.4 Å². The highest BCUT2D eigenvalue weighted by Gasteiger charge is 2.33. The van der Waals surface area contributed by atoms with Gasteiger partial charge in [-0.2, -0.15) is 18.3 Å². The van der Waals surface area contributed by atoms with Crippen molar-refractivity contribution in [2.45, 2.75) is 68.8 Å². The van der Waals surface area contributed by atoms with Gasteiger partial charge in [-0.05, 0) is 151 Å². The molecule has 131 heavy (non-hydrogen) atoms. The molecule has 10 N–H and O–H groups in total. The third-order valence-electron chi connectivity index (χ3n) is 18.5. The number of sulfone groups is 1. The molecule has 13 rings (SSSR count). The number of H-pyrrole nitrogens is 1. The van der Waals surface area contributed by atoms with Crippen LogP contribution in [0.4, 0.5) is 37.7 Å². The minimum Gasteiger partial charge on any atom is -0.494 e. The Kier molecular flexibility index (Phi) is 36.8. The Balaban J connectivity index is 0.000000195. The molecule has 1 heterocycles. The molecule has 0 atom stereocenters. The molecular formula is C99H81F6N5O20S. The van der Waals surface area contributed by atoms with Gasteiger partial charge in [0.15, 0.2) is 38.7 Å². The second kappa shape index (κ2) is 48.3. The van der Waals surface area contributed by atoms with E-state index in [1.165, 1.54) is 97.1 Å². The number of nitrogens with zero attached hydrogens (tertiary/aromatic N) is 1. The number of carbonyl (C=O) groups excluding carboxylic acids is 6. The Morgan fingerprint density at radius 1 is 0.435 bits per heavy atom. The molecule has 0 aliphatic rings. The average Bonchev–Trinajstić information content (AvgIpc) is 1.04. The van der Waals surface area contributed by atoms with E-state index in [-0.39, 0.29) is 122 Å². The number of aryl methyl sites for hydroxylation is 1. The van der Waals surface area contributed by atoms with E-state index in [2.05, 4.69) is 31.5 Å². The lowest BCUT2D eigenvalue weighted by atomic mass is 9.98. The standard InChI is InChI=1S/C23H18O3S.C17H16O4.C16H15NO3.C15H10F3NO4.C15H10F3NO3.C13H12N2O3/c1-2-18-8-10-19(11-9-18)16-23(24)21-14-12-20(13-15-21)17-27(25,26)22-6-4-3-5-7-22;18-16(14-9-4-5-10-15(14)17(19)20)11-6-12-21-13-7-2-1-3-8-13;17-10-12-5-3-4-11(8-12)9-15(18)13-6-1-2-7-14(13)16(19)20;16-15(17,18)23-12-8-4-3-7-11(12)19-13(20)9-5-1-2-6-10(9)14(21)22;16-15(17,18)9-4-3-5-10(8-9)19-13(20)11-6-1-2-7-12(11)14(21)22;1-8-6-9(15-14-8)7-12(16)10-4-2-3-5-11(10)13(17)18/h1,3-15H,16-17H2;1-5,7-10H,6,11-12H2,(H,19,20);1-8H,9-10,17H2,(H,19,20);1-8H,(H,19,20)(H,21,22);1-8H,(H,19,20)(H,21,22);2-6H,7H2,1H3,(H,14,15)(H,17,18). The van der Waals surface area contributed by atoms with E-state index in [9.17, 15) is 87.5 Å². The van der Waals surface area contributed by atoms with Crippen LogP contribution in [0.5, 0.6) is 11.5 Å².